The fourth-order valence-electron chi connectivity index (χ4n) is 4.69. The molecule has 7 nitrogen and oxygen atoms in total. The average Bonchev–Trinajstić information content (AvgIpc) is 3.21. The number of carbonyl (C=O) groups excluding carboxylic acids is 2. The maximum atomic E-state index is 13.2. The van der Waals surface area contributed by atoms with E-state index in [0.29, 0.717) is 33.8 Å². The van der Waals surface area contributed by atoms with Crippen LogP contribution in [0.1, 0.15) is 44.0 Å². The van der Waals surface area contributed by atoms with E-state index in [9.17, 15) is 9.59 Å². The monoisotopic (exact) mass is 660 g/mol. The molecule has 0 bridgehead atoms. The Bertz CT molecular complexity index is 1670. The molecule has 0 fully saturated rings. The quantitative estimate of drug-likeness (QED) is 0.126. The van der Waals surface area contributed by atoms with Gasteiger partial charge in [-0.25, -0.2) is 5.43 Å². The molecular formula is C32H32Cl4N4O3. The summed E-state index contributed by atoms with van der Waals surface area (Å²) in [5.41, 5.74) is 6.45. The molecule has 0 aliphatic heterocycles. The fourth-order valence-corrected chi connectivity index (χ4v) is 5.46. The van der Waals surface area contributed by atoms with E-state index in [1.165, 1.54) is 6.07 Å². The largest absolute Gasteiger partial charge is 0.479 e. The lowest BCUT2D eigenvalue weighted by Gasteiger charge is -2.22. The molecule has 1 aromatic heterocycles. The van der Waals surface area contributed by atoms with Gasteiger partial charge in [0.2, 0.25) is 0 Å². The zero-order chi connectivity index (χ0) is 31.3. The Labute approximate surface area is 271 Å². The van der Waals surface area contributed by atoms with Gasteiger partial charge in [-0.3, -0.25) is 9.59 Å². The number of hydrogen-bond acceptors (Lipinski definition) is 4. The van der Waals surface area contributed by atoms with Crippen LogP contribution in [0, 0.1) is 12.8 Å². The van der Waals surface area contributed by atoms with E-state index in [1.807, 2.05) is 57.2 Å². The van der Waals surface area contributed by atoms with Crippen molar-refractivity contribution in [3.63, 3.8) is 0 Å². The summed E-state index contributed by atoms with van der Waals surface area (Å²) in [7, 11) is 0. The van der Waals surface area contributed by atoms with Crippen LogP contribution in [0.25, 0.3) is 10.9 Å². The normalized spacial score (nSPS) is 13.0. The third-order valence-electron chi connectivity index (χ3n) is 6.88. The second-order valence-electron chi connectivity index (χ2n) is 10.6. The Hall–Kier alpha value is -3.23. The first kappa shape index (κ1) is 32.7. The molecular weight excluding hydrogens is 630 g/mol. The molecule has 0 unspecified atom stereocenters. The van der Waals surface area contributed by atoms with Crippen LogP contribution in [0.5, 0.6) is 5.75 Å². The molecule has 0 spiro atoms. The fraction of sp³-hybridized carbons (Fsp3) is 0.281. The number of nitrogens with one attached hydrogen (secondary N) is 2. The summed E-state index contributed by atoms with van der Waals surface area (Å²) in [6.45, 7) is 8.09. The van der Waals surface area contributed by atoms with E-state index in [0.717, 1.165) is 27.7 Å². The van der Waals surface area contributed by atoms with Crippen LogP contribution in [0.4, 0.5) is 0 Å². The van der Waals surface area contributed by atoms with E-state index in [1.54, 1.807) is 31.3 Å². The first-order chi connectivity index (χ1) is 20.4. The predicted molar refractivity (Wildman–Crippen MR) is 176 cm³/mol. The predicted octanol–water partition coefficient (Wildman–Crippen LogP) is 8.06. The second kappa shape index (κ2) is 14.5. The van der Waals surface area contributed by atoms with Gasteiger partial charge in [-0.15, -0.1) is 0 Å². The molecule has 0 saturated heterocycles. The van der Waals surface area contributed by atoms with Crippen molar-refractivity contribution in [3.05, 3.63) is 97.6 Å². The van der Waals surface area contributed by atoms with E-state index >= 15 is 0 Å². The zero-order valence-corrected chi connectivity index (χ0v) is 27.2. The molecule has 2 amide bonds. The first-order valence-electron chi connectivity index (χ1n) is 13.7. The van der Waals surface area contributed by atoms with Gasteiger partial charge in [0.25, 0.3) is 11.8 Å². The minimum absolute atomic E-state index is 0.128. The van der Waals surface area contributed by atoms with Crippen LogP contribution >= 0.6 is 46.4 Å². The molecule has 43 heavy (non-hydrogen) atoms. The summed E-state index contributed by atoms with van der Waals surface area (Å²) < 4.78 is 7.88. The topological polar surface area (TPSA) is 84.7 Å². The third kappa shape index (κ3) is 8.24. The molecule has 4 rings (SSSR count). The van der Waals surface area contributed by atoms with E-state index in [4.69, 9.17) is 51.1 Å². The van der Waals surface area contributed by atoms with Gasteiger partial charge in [-0.2, -0.15) is 5.10 Å². The molecule has 0 saturated carbocycles. The minimum atomic E-state index is -0.908. The number of aromatic nitrogens is 1. The lowest BCUT2D eigenvalue weighted by molar-refractivity contribution is -0.132. The highest BCUT2D eigenvalue weighted by atomic mass is 35.5. The average molecular weight is 662 g/mol. The van der Waals surface area contributed by atoms with Gasteiger partial charge < -0.3 is 14.6 Å². The molecule has 2 N–H and O–H groups in total. The van der Waals surface area contributed by atoms with Gasteiger partial charge in [-0.05, 0) is 68.1 Å². The maximum Gasteiger partial charge on any atom is 0.262 e. The minimum Gasteiger partial charge on any atom is -0.479 e. The number of para-hydroxylation sites is 1. The Kier molecular flexibility index (Phi) is 11.0. The lowest BCUT2D eigenvalue weighted by atomic mass is 10.0. The smallest absolute Gasteiger partial charge is 0.262 e. The van der Waals surface area contributed by atoms with E-state index in [-0.39, 0.29) is 10.9 Å². The number of hydrogen-bond donors (Lipinski definition) is 2. The summed E-state index contributed by atoms with van der Waals surface area (Å²) in [5.74, 6) is -0.454. The van der Waals surface area contributed by atoms with Crippen molar-refractivity contribution in [2.75, 3.05) is 0 Å². The number of nitrogens with zero attached hydrogens (tertiary/aromatic N) is 2. The zero-order valence-electron chi connectivity index (χ0n) is 24.1. The van der Waals surface area contributed by atoms with Gasteiger partial charge >= 0.3 is 0 Å². The Balaban J connectivity index is 1.48. The molecule has 0 radical (unpaired) electrons. The number of benzene rings is 3. The number of ether oxygens (including phenoxy) is 1. The molecule has 1 heterocycles. The van der Waals surface area contributed by atoms with Gasteiger partial charge in [0.05, 0.1) is 21.3 Å². The van der Waals surface area contributed by atoms with E-state index in [2.05, 4.69) is 20.4 Å². The Morgan fingerprint density at radius 2 is 1.67 bits per heavy atom. The van der Waals surface area contributed by atoms with Gasteiger partial charge in [0, 0.05) is 33.7 Å². The summed E-state index contributed by atoms with van der Waals surface area (Å²) in [6.07, 6.45) is 1.13. The number of carbonyl (C=O) groups is 2. The summed E-state index contributed by atoms with van der Waals surface area (Å²) in [6, 6.07) is 17.5. The van der Waals surface area contributed by atoms with Crippen molar-refractivity contribution < 1.29 is 14.3 Å². The number of amides is 2. The van der Waals surface area contributed by atoms with Gasteiger partial charge in [-0.1, -0.05) is 84.5 Å². The molecule has 11 heteroatoms. The first-order valence-corrected chi connectivity index (χ1v) is 15.2. The SMILES string of the molecule is Cc1c(/C=N\NC(=O)[C@H](CC(C)C)NC(=O)[C@H](C)Oc2ccc(Cl)cc2Cl)c2ccccc2n1Cc1ccc(Cl)c(Cl)c1. The summed E-state index contributed by atoms with van der Waals surface area (Å²) >= 11 is 24.5. The highest BCUT2D eigenvalue weighted by Crippen LogP contribution is 2.29. The molecule has 0 aliphatic rings. The van der Waals surface area contributed by atoms with Crippen molar-refractivity contribution in [2.24, 2.45) is 11.0 Å². The van der Waals surface area contributed by atoms with Crippen LogP contribution in [0.2, 0.25) is 20.1 Å². The lowest BCUT2D eigenvalue weighted by Crippen LogP contribution is -2.49. The van der Waals surface area contributed by atoms with Crippen LogP contribution in [-0.2, 0) is 16.1 Å². The number of rotatable bonds is 11. The second-order valence-corrected chi connectivity index (χ2v) is 12.3. The van der Waals surface area contributed by atoms with Crippen LogP contribution in [0.3, 0.4) is 0 Å². The van der Waals surface area contributed by atoms with Crippen molar-refractivity contribution in [1.29, 1.82) is 0 Å². The molecule has 0 aliphatic carbocycles. The van der Waals surface area contributed by atoms with Crippen LogP contribution in [0.15, 0.2) is 65.8 Å². The number of halogens is 4. The molecule has 3 aromatic carbocycles. The van der Waals surface area contributed by atoms with Crippen LogP contribution in [-0.4, -0.2) is 34.7 Å². The summed E-state index contributed by atoms with van der Waals surface area (Å²) in [5, 5.41) is 9.78. The Morgan fingerprint density at radius 3 is 2.37 bits per heavy atom. The standard InChI is InChI=1S/C32H32Cl4N4O3/c1-18(2)13-28(38-31(41)20(4)43-30-12-10-22(33)15-27(30)36)32(42)39-37-16-24-19(3)40(29-8-6-5-7-23(24)29)17-21-9-11-25(34)26(35)14-21/h5-12,14-16,18,20,28H,13,17H2,1-4H3,(H,38,41)(H,39,42)/b37-16-/t20-,28-/m0/s1. The summed E-state index contributed by atoms with van der Waals surface area (Å²) in [4.78, 5) is 26.1. The van der Waals surface area contributed by atoms with Crippen LogP contribution < -0.4 is 15.5 Å². The van der Waals surface area contributed by atoms with Gasteiger partial charge in [0.1, 0.15) is 11.8 Å². The highest BCUT2D eigenvalue weighted by Gasteiger charge is 2.26. The molecule has 4 aromatic rings. The van der Waals surface area contributed by atoms with Crippen molar-refractivity contribution >= 4 is 75.3 Å². The molecule has 2 atom stereocenters. The van der Waals surface area contributed by atoms with Crippen molar-refractivity contribution in [2.45, 2.75) is 52.8 Å². The molecule has 226 valence electrons. The highest BCUT2D eigenvalue weighted by molar-refractivity contribution is 6.42. The van der Waals surface area contributed by atoms with Crippen molar-refractivity contribution in [1.82, 2.24) is 15.3 Å². The number of hydrazone groups is 1. The van der Waals surface area contributed by atoms with E-state index < -0.39 is 24.0 Å². The number of fused-ring (bicyclic) bond motifs is 1. The maximum absolute atomic E-state index is 13.2. The third-order valence-corrected chi connectivity index (χ3v) is 8.15. The van der Waals surface area contributed by atoms with Gasteiger partial charge in [0.15, 0.2) is 6.10 Å². The van der Waals surface area contributed by atoms with Crippen molar-refractivity contribution in [3.8, 4) is 5.75 Å². The Morgan fingerprint density at radius 1 is 0.930 bits per heavy atom.